The topological polar surface area (TPSA) is 56.7 Å². The lowest BCUT2D eigenvalue weighted by molar-refractivity contribution is 0.800. The van der Waals surface area contributed by atoms with Gasteiger partial charge >= 0.3 is 0 Å². The molecule has 0 aliphatic carbocycles. The Bertz CT molecular complexity index is 464. The maximum Gasteiger partial charge on any atom is 0.166 e. The van der Waals surface area contributed by atoms with E-state index in [1.807, 2.05) is 25.1 Å². The summed E-state index contributed by atoms with van der Waals surface area (Å²) in [5.41, 5.74) is 7.60. The molecule has 0 saturated carbocycles. The first kappa shape index (κ1) is 9.21. The molecule has 1 heterocycles. The number of nitrogens with two attached hydrogens (primary N) is 1. The van der Waals surface area contributed by atoms with Gasteiger partial charge in [-0.25, -0.2) is 4.68 Å². The van der Waals surface area contributed by atoms with Crippen molar-refractivity contribution >= 4 is 21.7 Å². The first-order valence-corrected chi connectivity index (χ1v) is 4.90. The van der Waals surface area contributed by atoms with Crippen LogP contribution >= 0.6 is 15.9 Å². The molecule has 0 amide bonds. The average molecular weight is 253 g/mol. The Kier molecular flexibility index (Phi) is 2.25. The number of halogens is 1. The van der Waals surface area contributed by atoms with E-state index in [9.17, 15) is 0 Å². The molecule has 0 aliphatic heterocycles. The standard InChI is InChI=1S/C9H9BrN4/c1-6-2-3-7(10)8(4-6)14-5-9(11)12-13-14/h2-5H,11H2,1H3. The van der Waals surface area contributed by atoms with E-state index < -0.39 is 0 Å². The van der Waals surface area contributed by atoms with Gasteiger partial charge in [0.1, 0.15) is 0 Å². The molecule has 0 unspecified atom stereocenters. The molecule has 0 atom stereocenters. The summed E-state index contributed by atoms with van der Waals surface area (Å²) in [6.07, 6.45) is 1.68. The Morgan fingerprint density at radius 2 is 2.21 bits per heavy atom. The molecule has 0 bridgehead atoms. The molecule has 1 aromatic carbocycles. The summed E-state index contributed by atoms with van der Waals surface area (Å²) in [5.74, 6) is 0.415. The smallest absolute Gasteiger partial charge is 0.166 e. The molecule has 2 N–H and O–H groups in total. The van der Waals surface area contributed by atoms with E-state index >= 15 is 0 Å². The highest BCUT2D eigenvalue weighted by Gasteiger charge is 2.04. The van der Waals surface area contributed by atoms with Gasteiger partial charge in [0.2, 0.25) is 0 Å². The van der Waals surface area contributed by atoms with Crippen LogP contribution in [-0.2, 0) is 0 Å². The van der Waals surface area contributed by atoms with Crippen molar-refractivity contribution in [3.63, 3.8) is 0 Å². The Morgan fingerprint density at radius 3 is 2.86 bits per heavy atom. The summed E-state index contributed by atoms with van der Waals surface area (Å²) >= 11 is 3.45. The average Bonchev–Trinajstić information content (AvgIpc) is 2.56. The van der Waals surface area contributed by atoms with Crippen molar-refractivity contribution in [1.29, 1.82) is 0 Å². The normalized spacial score (nSPS) is 10.4. The van der Waals surface area contributed by atoms with Crippen molar-refractivity contribution in [3.8, 4) is 5.69 Å². The highest BCUT2D eigenvalue weighted by atomic mass is 79.9. The number of benzene rings is 1. The minimum atomic E-state index is 0.415. The zero-order valence-electron chi connectivity index (χ0n) is 7.61. The van der Waals surface area contributed by atoms with Crippen molar-refractivity contribution in [1.82, 2.24) is 15.0 Å². The largest absolute Gasteiger partial charge is 0.381 e. The zero-order chi connectivity index (χ0) is 10.1. The monoisotopic (exact) mass is 252 g/mol. The number of hydrogen-bond donors (Lipinski definition) is 1. The predicted molar refractivity (Wildman–Crippen MR) is 58.2 cm³/mol. The van der Waals surface area contributed by atoms with Gasteiger partial charge in [-0.2, -0.15) is 0 Å². The third kappa shape index (κ3) is 1.63. The van der Waals surface area contributed by atoms with Crippen molar-refractivity contribution in [2.45, 2.75) is 6.92 Å². The maximum atomic E-state index is 5.49. The first-order chi connectivity index (χ1) is 6.66. The number of nitrogens with zero attached hydrogens (tertiary/aromatic N) is 3. The van der Waals surface area contributed by atoms with Crippen LogP contribution in [0.3, 0.4) is 0 Å². The van der Waals surface area contributed by atoms with Crippen LogP contribution in [0.1, 0.15) is 5.56 Å². The van der Waals surface area contributed by atoms with Crippen LogP contribution in [0.15, 0.2) is 28.9 Å². The Hall–Kier alpha value is -1.36. The van der Waals surface area contributed by atoms with Crippen molar-refractivity contribution < 1.29 is 0 Å². The van der Waals surface area contributed by atoms with Gasteiger partial charge in [-0.3, -0.25) is 0 Å². The SMILES string of the molecule is Cc1ccc(Br)c(-n2cc(N)nn2)c1. The van der Waals surface area contributed by atoms with E-state index in [-0.39, 0.29) is 0 Å². The van der Waals surface area contributed by atoms with Gasteiger partial charge in [-0.05, 0) is 40.5 Å². The second kappa shape index (κ2) is 3.42. The number of aromatic nitrogens is 3. The fourth-order valence-corrected chi connectivity index (χ4v) is 1.62. The fourth-order valence-electron chi connectivity index (χ4n) is 1.19. The number of hydrogen-bond acceptors (Lipinski definition) is 3. The summed E-state index contributed by atoms with van der Waals surface area (Å²) in [6, 6.07) is 6.01. The molecule has 0 aliphatic rings. The van der Waals surface area contributed by atoms with Gasteiger partial charge in [0.25, 0.3) is 0 Å². The number of rotatable bonds is 1. The molecule has 1 aromatic heterocycles. The first-order valence-electron chi connectivity index (χ1n) is 4.11. The second-order valence-corrected chi connectivity index (χ2v) is 3.90. The van der Waals surface area contributed by atoms with Crippen molar-refractivity contribution in [2.75, 3.05) is 5.73 Å². The summed E-state index contributed by atoms with van der Waals surface area (Å²) < 4.78 is 2.61. The van der Waals surface area contributed by atoms with E-state index in [0.29, 0.717) is 5.82 Å². The van der Waals surface area contributed by atoms with Gasteiger partial charge in [0.15, 0.2) is 5.82 Å². The van der Waals surface area contributed by atoms with Gasteiger partial charge in [-0.15, -0.1) is 5.10 Å². The van der Waals surface area contributed by atoms with Gasteiger partial charge < -0.3 is 5.73 Å². The molecule has 0 saturated heterocycles. The molecule has 5 heteroatoms. The summed E-state index contributed by atoms with van der Waals surface area (Å²) in [4.78, 5) is 0. The van der Waals surface area contributed by atoms with E-state index in [2.05, 4.69) is 26.2 Å². The lowest BCUT2D eigenvalue weighted by atomic mass is 10.2. The summed E-state index contributed by atoms with van der Waals surface area (Å²) in [5, 5.41) is 7.63. The lowest BCUT2D eigenvalue weighted by Crippen LogP contribution is -1.96. The molecule has 72 valence electrons. The quantitative estimate of drug-likeness (QED) is 0.844. The Morgan fingerprint density at radius 1 is 1.43 bits per heavy atom. The number of anilines is 1. The van der Waals surface area contributed by atoms with E-state index in [4.69, 9.17) is 5.73 Å². The Balaban J connectivity index is 2.55. The van der Waals surface area contributed by atoms with Crippen molar-refractivity contribution in [2.24, 2.45) is 0 Å². The van der Waals surface area contributed by atoms with Crippen LogP contribution in [-0.4, -0.2) is 15.0 Å². The van der Waals surface area contributed by atoms with Gasteiger partial charge in [0.05, 0.1) is 11.9 Å². The van der Waals surface area contributed by atoms with Crippen LogP contribution in [0.4, 0.5) is 5.82 Å². The van der Waals surface area contributed by atoms with Crippen LogP contribution in [0.25, 0.3) is 5.69 Å². The van der Waals surface area contributed by atoms with Gasteiger partial charge in [-0.1, -0.05) is 11.3 Å². The minimum absolute atomic E-state index is 0.415. The number of aryl methyl sites for hydroxylation is 1. The molecule has 0 spiro atoms. The van der Waals surface area contributed by atoms with Gasteiger partial charge in [0, 0.05) is 4.47 Å². The molecular weight excluding hydrogens is 244 g/mol. The second-order valence-electron chi connectivity index (χ2n) is 3.04. The fraction of sp³-hybridized carbons (Fsp3) is 0.111. The highest BCUT2D eigenvalue weighted by molar-refractivity contribution is 9.10. The van der Waals surface area contributed by atoms with Crippen LogP contribution < -0.4 is 5.73 Å². The molecule has 14 heavy (non-hydrogen) atoms. The Labute approximate surface area is 89.9 Å². The van der Waals surface area contributed by atoms with E-state index in [1.165, 1.54) is 0 Å². The van der Waals surface area contributed by atoms with Crippen LogP contribution in [0.5, 0.6) is 0 Å². The third-order valence-corrected chi connectivity index (χ3v) is 2.53. The minimum Gasteiger partial charge on any atom is -0.381 e. The van der Waals surface area contributed by atoms with Crippen LogP contribution in [0.2, 0.25) is 0 Å². The molecule has 2 aromatic rings. The predicted octanol–water partition coefficient (Wildman–Crippen LogP) is 1.92. The van der Waals surface area contributed by atoms with E-state index in [0.717, 1.165) is 15.7 Å². The van der Waals surface area contributed by atoms with E-state index in [1.54, 1.807) is 10.9 Å². The maximum absolute atomic E-state index is 5.49. The lowest BCUT2D eigenvalue weighted by Gasteiger charge is -2.03. The zero-order valence-corrected chi connectivity index (χ0v) is 9.19. The summed E-state index contributed by atoms with van der Waals surface area (Å²) in [7, 11) is 0. The molecule has 0 radical (unpaired) electrons. The molecule has 4 nitrogen and oxygen atoms in total. The van der Waals surface area contributed by atoms with Crippen LogP contribution in [0, 0.1) is 6.92 Å². The third-order valence-electron chi connectivity index (χ3n) is 1.86. The highest BCUT2D eigenvalue weighted by Crippen LogP contribution is 2.21. The molecule has 0 fully saturated rings. The summed E-state index contributed by atoms with van der Waals surface area (Å²) in [6.45, 7) is 2.02. The van der Waals surface area contributed by atoms with Crippen molar-refractivity contribution in [3.05, 3.63) is 34.4 Å². The number of nitrogen functional groups attached to an aromatic ring is 1. The molecule has 2 rings (SSSR count). The molecular formula is C9H9BrN4.